The van der Waals surface area contributed by atoms with Crippen LogP contribution in [0.5, 0.6) is 5.75 Å². The van der Waals surface area contributed by atoms with Gasteiger partial charge in [0.2, 0.25) is 5.75 Å². The van der Waals surface area contributed by atoms with E-state index in [2.05, 4.69) is 4.98 Å². The summed E-state index contributed by atoms with van der Waals surface area (Å²) in [4.78, 5) is 26.9. The highest BCUT2D eigenvalue weighted by atomic mass is 32.1. The van der Waals surface area contributed by atoms with Crippen LogP contribution >= 0.6 is 11.3 Å². The van der Waals surface area contributed by atoms with Gasteiger partial charge in [-0.2, -0.15) is 0 Å². The molecule has 0 aliphatic heterocycles. The Bertz CT molecular complexity index is 830. The summed E-state index contributed by atoms with van der Waals surface area (Å²) in [6.45, 7) is 0. The lowest BCUT2D eigenvalue weighted by Gasteiger charge is -2.05. The van der Waals surface area contributed by atoms with Gasteiger partial charge in [0.1, 0.15) is 4.88 Å². The fourth-order valence-corrected chi connectivity index (χ4v) is 2.46. The number of aromatic nitrogens is 1. The van der Waals surface area contributed by atoms with Crippen LogP contribution in [0.4, 0.5) is 5.69 Å². The molecule has 1 aromatic carbocycles. The topological polar surface area (TPSA) is 82.3 Å². The molecule has 21 heavy (non-hydrogen) atoms. The molecule has 2 aromatic heterocycles. The van der Waals surface area contributed by atoms with Crippen molar-refractivity contribution in [3.05, 3.63) is 63.0 Å². The molecule has 2 heterocycles. The number of ether oxygens (including phenoxy) is 1. The lowest BCUT2D eigenvalue weighted by Crippen LogP contribution is -2.08. The van der Waals surface area contributed by atoms with Crippen molar-refractivity contribution in [2.75, 3.05) is 0 Å². The maximum absolute atomic E-state index is 11.9. The summed E-state index contributed by atoms with van der Waals surface area (Å²) in [5.74, 6) is -0.699. The number of nitro groups is 1. The number of thiophene rings is 1. The average Bonchev–Trinajstić information content (AvgIpc) is 3.00. The van der Waals surface area contributed by atoms with Crippen LogP contribution in [-0.4, -0.2) is 15.9 Å². The van der Waals surface area contributed by atoms with E-state index in [0.717, 1.165) is 0 Å². The van der Waals surface area contributed by atoms with Crippen molar-refractivity contribution >= 4 is 33.9 Å². The maximum atomic E-state index is 11.9. The van der Waals surface area contributed by atoms with E-state index in [0.29, 0.717) is 15.8 Å². The molecule has 0 spiro atoms. The van der Waals surface area contributed by atoms with E-state index in [1.54, 1.807) is 35.8 Å². The van der Waals surface area contributed by atoms with Gasteiger partial charge >= 0.3 is 11.7 Å². The Morgan fingerprint density at radius 1 is 1.29 bits per heavy atom. The van der Waals surface area contributed by atoms with Gasteiger partial charge in [-0.3, -0.25) is 15.1 Å². The zero-order valence-corrected chi connectivity index (χ0v) is 11.4. The van der Waals surface area contributed by atoms with E-state index < -0.39 is 10.9 Å². The molecule has 0 saturated heterocycles. The molecule has 0 radical (unpaired) electrons. The minimum absolute atomic E-state index is 0.0844. The van der Waals surface area contributed by atoms with Gasteiger partial charge in [-0.15, -0.1) is 11.3 Å². The van der Waals surface area contributed by atoms with Crippen molar-refractivity contribution in [2.24, 2.45) is 0 Å². The van der Waals surface area contributed by atoms with Crippen LogP contribution in [0.3, 0.4) is 0 Å². The second kappa shape index (κ2) is 5.29. The number of hydrogen-bond donors (Lipinski definition) is 0. The van der Waals surface area contributed by atoms with Crippen LogP contribution < -0.4 is 4.74 Å². The Balaban J connectivity index is 2.05. The number of benzene rings is 1. The van der Waals surface area contributed by atoms with Crippen LogP contribution in [0.2, 0.25) is 0 Å². The first-order valence-electron chi connectivity index (χ1n) is 5.94. The Labute approximate surface area is 122 Å². The maximum Gasteiger partial charge on any atom is 0.353 e. The van der Waals surface area contributed by atoms with Gasteiger partial charge in [0, 0.05) is 17.6 Å². The van der Waals surface area contributed by atoms with Gasteiger partial charge < -0.3 is 4.74 Å². The highest BCUT2D eigenvalue weighted by molar-refractivity contribution is 7.12. The number of hydrogen-bond acceptors (Lipinski definition) is 6. The summed E-state index contributed by atoms with van der Waals surface area (Å²) in [7, 11) is 0. The molecule has 3 aromatic rings. The number of nitro benzene ring substituents is 1. The quantitative estimate of drug-likeness (QED) is 0.320. The lowest BCUT2D eigenvalue weighted by atomic mass is 10.2. The minimum atomic E-state index is -0.614. The van der Waals surface area contributed by atoms with E-state index >= 15 is 0 Å². The molecule has 3 rings (SSSR count). The molecular weight excluding hydrogens is 292 g/mol. The molecule has 104 valence electrons. The van der Waals surface area contributed by atoms with Crippen molar-refractivity contribution in [2.45, 2.75) is 0 Å². The fourth-order valence-electron chi connectivity index (χ4n) is 1.86. The number of fused-ring (bicyclic) bond motifs is 1. The Morgan fingerprint density at radius 3 is 2.86 bits per heavy atom. The highest BCUT2D eigenvalue weighted by Crippen LogP contribution is 2.32. The van der Waals surface area contributed by atoms with E-state index in [1.165, 1.54) is 23.5 Å². The van der Waals surface area contributed by atoms with Crippen molar-refractivity contribution in [1.29, 1.82) is 0 Å². The summed E-state index contributed by atoms with van der Waals surface area (Å²) in [6, 6.07) is 9.51. The number of carbonyl (C=O) groups is 1. The number of carbonyl (C=O) groups excluding carboxylic acids is 1. The van der Waals surface area contributed by atoms with Crippen molar-refractivity contribution in [1.82, 2.24) is 4.98 Å². The van der Waals surface area contributed by atoms with Gasteiger partial charge in [-0.25, -0.2) is 4.79 Å². The van der Waals surface area contributed by atoms with Crippen molar-refractivity contribution < 1.29 is 14.5 Å². The SMILES string of the molecule is O=C(Oc1cc2cccnc2cc1[N+](=O)[O-])c1cccs1. The molecule has 0 unspecified atom stereocenters. The number of rotatable bonds is 3. The first-order chi connectivity index (χ1) is 10.1. The largest absolute Gasteiger partial charge is 0.415 e. The van der Waals surface area contributed by atoms with Crippen LogP contribution in [0.25, 0.3) is 10.9 Å². The molecule has 0 bridgehead atoms. The monoisotopic (exact) mass is 300 g/mol. The molecule has 0 fully saturated rings. The molecule has 7 heteroatoms. The smallest absolute Gasteiger partial charge is 0.353 e. The molecule has 0 aliphatic carbocycles. The highest BCUT2D eigenvalue weighted by Gasteiger charge is 2.20. The molecule has 0 N–H and O–H groups in total. The lowest BCUT2D eigenvalue weighted by molar-refractivity contribution is -0.385. The Hall–Kier alpha value is -2.80. The van der Waals surface area contributed by atoms with Gasteiger partial charge in [0.15, 0.2) is 0 Å². The predicted molar refractivity (Wildman–Crippen MR) is 77.7 cm³/mol. The summed E-state index contributed by atoms with van der Waals surface area (Å²) in [6.07, 6.45) is 1.55. The molecule has 0 aliphatic rings. The molecular formula is C14H8N2O4S. The van der Waals surface area contributed by atoms with E-state index in [9.17, 15) is 14.9 Å². The molecule has 0 atom stereocenters. The van der Waals surface area contributed by atoms with Crippen molar-refractivity contribution in [3.63, 3.8) is 0 Å². The average molecular weight is 300 g/mol. The fraction of sp³-hybridized carbons (Fsp3) is 0. The summed E-state index contributed by atoms with van der Waals surface area (Å²) < 4.78 is 5.16. The Kier molecular flexibility index (Phi) is 3.33. The summed E-state index contributed by atoms with van der Waals surface area (Å²) >= 11 is 1.21. The summed E-state index contributed by atoms with van der Waals surface area (Å²) in [5.41, 5.74) is 0.186. The predicted octanol–water partition coefficient (Wildman–Crippen LogP) is 3.42. The van der Waals surface area contributed by atoms with E-state index in [-0.39, 0.29) is 11.4 Å². The summed E-state index contributed by atoms with van der Waals surface area (Å²) in [5, 5.41) is 13.5. The third-order valence-electron chi connectivity index (χ3n) is 2.81. The first kappa shape index (κ1) is 13.2. The number of esters is 1. The van der Waals surface area contributed by atoms with Gasteiger partial charge in [-0.1, -0.05) is 12.1 Å². The minimum Gasteiger partial charge on any atom is -0.415 e. The first-order valence-corrected chi connectivity index (χ1v) is 6.82. The van der Waals surface area contributed by atoms with E-state index in [4.69, 9.17) is 4.74 Å². The van der Waals surface area contributed by atoms with Crippen molar-refractivity contribution in [3.8, 4) is 5.75 Å². The molecule has 0 amide bonds. The van der Waals surface area contributed by atoms with Gasteiger partial charge in [0.05, 0.1) is 10.4 Å². The van der Waals surface area contributed by atoms with Crippen LogP contribution in [0.15, 0.2) is 48.0 Å². The van der Waals surface area contributed by atoms with Gasteiger partial charge in [-0.05, 0) is 23.6 Å². The van der Waals surface area contributed by atoms with E-state index in [1.807, 2.05) is 0 Å². The zero-order chi connectivity index (χ0) is 14.8. The molecule has 0 saturated carbocycles. The molecule has 6 nitrogen and oxygen atoms in total. The third kappa shape index (κ3) is 2.59. The van der Waals surface area contributed by atoms with Crippen LogP contribution in [-0.2, 0) is 0 Å². The zero-order valence-electron chi connectivity index (χ0n) is 10.6. The van der Waals surface area contributed by atoms with Gasteiger partial charge in [0.25, 0.3) is 0 Å². The number of nitrogens with zero attached hydrogens (tertiary/aromatic N) is 2. The second-order valence-electron chi connectivity index (χ2n) is 4.14. The third-order valence-corrected chi connectivity index (χ3v) is 3.66. The Morgan fingerprint density at radius 2 is 2.14 bits per heavy atom. The second-order valence-corrected chi connectivity index (χ2v) is 5.09. The van der Waals surface area contributed by atoms with Crippen LogP contribution in [0, 0.1) is 10.1 Å². The normalized spacial score (nSPS) is 10.5. The number of pyridine rings is 1. The standard InChI is InChI=1S/C14H8N2O4S/c17-14(13-4-2-6-21-13)20-12-7-9-3-1-5-15-10(9)8-11(12)16(18)19/h1-8H. The van der Waals surface area contributed by atoms with Crippen LogP contribution in [0.1, 0.15) is 9.67 Å².